The Morgan fingerprint density at radius 2 is 1.19 bits per heavy atom. The van der Waals surface area contributed by atoms with Gasteiger partial charge in [-0.1, -0.05) is 86.1 Å². The zero-order valence-electron chi connectivity index (χ0n) is 69.8. The molecule has 0 unspecified atom stereocenters. The predicted molar refractivity (Wildman–Crippen MR) is 412 cm³/mol. The molecule has 7 heterocycles. The lowest BCUT2D eigenvalue weighted by Crippen LogP contribution is -2.65. The average Bonchev–Trinajstić information content (AvgIpc) is 0.772. The van der Waals surface area contributed by atoms with E-state index in [9.17, 15) is 107 Å². The second-order valence-corrected chi connectivity index (χ2v) is 34.7. The molecule has 6 fully saturated rings. The molecule has 0 spiro atoms. The van der Waals surface area contributed by atoms with E-state index in [1.165, 1.54) is 39.8 Å². The summed E-state index contributed by atoms with van der Waals surface area (Å²) in [4.78, 5) is 14.6. The molecular weight excluding hydrogens is 1530 g/mol. The van der Waals surface area contributed by atoms with Gasteiger partial charge in [-0.25, -0.2) is 4.79 Å². The molecule has 7 rings (SSSR count). The molecule has 44 atom stereocenters. The smallest absolute Gasteiger partial charge is 0.333 e. The van der Waals surface area contributed by atoms with Crippen molar-refractivity contribution in [2.75, 3.05) is 6.61 Å². The Morgan fingerprint density at radius 3 is 1.81 bits per heavy atom. The lowest BCUT2D eigenvalue weighted by molar-refractivity contribution is -0.389. The van der Waals surface area contributed by atoms with Crippen LogP contribution >= 0.6 is 0 Å². The number of cyclic esters (lactones) is 1. The van der Waals surface area contributed by atoms with Gasteiger partial charge in [0.1, 0.15) is 73.2 Å². The molecule has 0 saturated carbocycles. The second kappa shape index (κ2) is 44.8. The highest BCUT2D eigenvalue weighted by atomic mass is 16.8. The first kappa shape index (κ1) is 100. The topological polar surface area (TPSA) is 584 Å². The summed E-state index contributed by atoms with van der Waals surface area (Å²) in [5.74, 6) is -8.74. The van der Waals surface area contributed by atoms with Crippen molar-refractivity contribution in [3.63, 3.8) is 0 Å². The van der Waals surface area contributed by atoms with E-state index in [1.807, 2.05) is 20.8 Å². The van der Waals surface area contributed by atoms with E-state index < -0.39 is 306 Å². The summed E-state index contributed by atoms with van der Waals surface area (Å²) in [7, 11) is 0. The highest BCUT2D eigenvalue weighted by Gasteiger charge is 2.57. The predicted octanol–water partition coefficient (Wildman–Crippen LogP) is -1.70. The number of hydrogen-bond acceptors (Lipinski definition) is 35. The number of carbonyl (C=O) groups is 1. The fourth-order valence-corrected chi connectivity index (χ4v) is 16.8. The molecule has 0 aromatic rings. The van der Waals surface area contributed by atoms with Crippen molar-refractivity contribution in [2.45, 2.75) is 425 Å². The minimum absolute atomic E-state index is 0.0139. The molecule has 2 bridgehead atoms. The van der Waals surface area contributed by atoms with Crippen molar-refractivity contribution >= 4 is 5.97 Å². The quantitative estimate of drug-likeness (QED) is 0.0424. The van der Waals surface area contributed by atoms with Crippen LogP contribution in [0.2, 0.25) is 0 Å². The largest absolute Gasteiger partial charge is 0.458 e. The fraction of sp³-hybridized carbons (Fsp3) is 0.914. The Balaban J connectivity index is 1.24. The highest BCUT2D eigenvalue weighted by molar-refractivity contribution is 5.88. The summed E-state index contributed by atoms with van der Waals surface area (Å²) in [6.45, 7) is 22.2. The third-order valence-electron chi connectivity index (χ3n) is 25.4. The van der Waals surface area contributed by atoms with Gasteiger partial charge in [-0.15, -0.1) is 0 Å². The molecule has 7 aliphatic heterocycles. The summed E-state index contributed by atoms with van der Waals surface area (Å²) < 4.78 is 75.2. The van der Waals surface area contributed by atoms with E-state index in [4.69, 9.17) is 68.3 Å². The van der Waals surface area contributed by atoms with Crippen LogP contribution in [-0.4, -0.2) is 347 Å². The van der Waals surface area contributed by atoms with Crippen LogP contribution in [0.25, 0.3) is 0 Å². The lowest BCUT2D eigenvalue weighted by Gasteiger charge is -2.50. The van der Waals surface area contributed by atoms with E-state index in [0.717, 1.165) is 0 Å². The SMILES string of the molecule is CCC[C@@H](O[C@H]1C[C@](C)(N)[C@H](O)[C@H](C)O1)[C@@H](C)[C@@H](O)[C@H](/C=C/[C@H](O)[C@@H](C)[C@@H]1C/C=C(\C)[C@@H](O)[C@@H](C)[C@H](O[C@@H]2O[C@H](CO)[C@@H](O)[C@H](O)[C@@H]2O)C[C@@H](O)[C@@H](C)[C@@H](O)C[C@@H]2C[C@H](O)[C@@H](O)[C@](O)(C[C@H](O[C@@H]3O[C@H](C)[C@@H](O)[C@H](O[C@H]4C[C@@H](N)[C@H](O)[C@@H](C)O4)[C@H]3O[C@@H]3O[C@H](C)[C@@H](O)[C@H](O)[C@H]3O)[C@@H](C)CC[C@@H](O)C[C@@H](O)C/C=C(\CC)C(=O)O1)O2)CC. The van der Waals surface area contributed by atoms with Crippen LogP contribution in [0.5, 0.6) is 0 Å². The Hall–Kier alpha value is -2.63. The molecule has 0 aliphatic carbocycles. The van der Waals surface area contributed by atoms with E-state index in [2.05, 4.69) is 0 Å². The standard InChI is InChI=1S/C81H144N2O33/c1-15-18-55(109-61-33-80(14,83)74(101)44(13)106-61)39(8)63(92)45(16-2)22-25-51(87)38(7)56-26-20-36(5)62(91)40(9)57(111-78-71(100)69(98)67(96)59(34-84)113-78)31-53(89)37(6)52(88)28-49-29-54(90)75(102)81(104,116-49)32-58(35(4)19-23-47(85)27-48(86)24-21-46(17-3)76(103)110-56)112-79-73(115-77-70(99)68(97)65(94)42(11)107-77)72(66(95)43(12)108-79)114-60-30-50(82)64(93)41(10)105-60/h20-22,25,35,37-45,47-75,77-79,84-102,104H,15-19,23-24,26-34,82-83H2,1-14H3/b25-22+,36-20+,46-21+/t35-,37-,38+,39+,40-,41+,42+,43+,44-,45-,47+,48-,49+,50+,51-,52-,53+,54-,55+,56-,57+,58-,59+,60-,61-,62+,63+,64+,65+,66+,67+,68-,69-,70+,71-,72-,73+,74+,75+,77-,78+,79-,80-,81-/m0/s1. The lowest BCUT2D eigenvalue weighted by atomic mass is 9.82. The minimum atomic E-state index is -2.79. The van der Waals surface area contributed by atoms with Gasteiger partial charge in [-0.05, 0) is 98.0 Å². The van der Waals surface area contributed by atoms with E-state index >= 15 is 0 Å². The van der Waals surface area contributed by atoms with Gasteiger partial charge < -0.3 is 170 Å². The Kier molecular flexibility index (Phi) is 38.8. The second-order valence-electron chi connectivity index (χ2n) is 34.7. The maximum atomic E-state index is 14.6. The van der Waals surface area contributed by atoms with Crippen LogP contribution in [0.3, 0.4) is 0 Å². The van der Waals surface area contributed by atoms with E-state index in [1.54, 1.807) is 60.6 Å². The maximum Gasteiger partial charge on any atom is 0.333 e. The molecule has 116 heavy (non-hydrogen) atoms. The number of fused-ring (bicyclic) bond motifs is 2. The number of ether oxygens (including phenoxy) is 12. The molecule has 0 aromatic carbocycles. The number of rotatable bonds is 22. The summed E-state index contributed by atoms with van der Waals surface area (Å²) in [6, 6.07) is -0.877. The molecule has 0 aromatic heterocycles. The van der Waals surface area contributed by atoms with Crippen molar-refractivity contribution in [1.82, 2.24) is 0 Å². The van der Waals surface area contributed by atoms with Gasteiger partial charge in [-0.2, -0.15) is 0 Å². The van der Waals surface area contributed by atoms with Crippen LogP contribution in [-0.2, 0) is 61.6 Å². The van der Waals surface area contributed by atoms with Gasteiger partial charge in [0, 0.05) is 91.7 Å². The first-order valence-electron chi connectivity index (χ1n) is 41.9. The molecule has 6 saturated heterocycles. The number of carbonyl (C=O) groups excluding carboxylic acids is 1. The highest BCUT2D eigenvalue weighted by Crippen LogP contribution is 2.42. The van der Waals surface area contributed by atoms with Gasteiger partial charge in [0.15, 0.2) is 37.2 Å². The summed E-state index contributed by atoms with van der Waals surface area (Å²) in [5.41, 5.74) is 12.1. The first-order valence-corrected chi connectivity index (χ1v) is 41.9. The first-order chi connectivity index (χ1) is 54.3. The van der Waals surface area contributed by atoms with Crippen molar-refractivity contribution in [3.8, 4) is 0 Å². The molecule has 24 N–H and O–H groups in total. The third kappa shape index (κ3) is 25.8. The molecule has 0 amide bonds. The number of esters is 1. The molecular formula is C81H144N2O33. The normalized spacial score (nSPS) is 47.6. The maximum absolute atomic E-state index is 14.6. The number of aliphatic hydroxyl groups is 20. The molecule has 676 valence electrons. The summed E-state index contributed by atoms with van der Waals surface area (Å²) >= 11 is 0. The van der Waals surface area contributed by atoms with Crippen LogP contribution in [0.15, 0.2) is 35.5 Å². The number of aliphatic hydroxyl groups excluding tert-OH is 19. The van der Waals surface area contributed by atoms with Crippen LogP contribution in [0.1, 0.15) is 193 Å². The Bertz CT molecular complexity index is 3010. The minimum Gasteiger partial charge on any atom is -0.458 e. The summed E-state index contributed by atoms with van der Waals surface area (Å²) in [6.07, 6.45) is -44.7. The monoisotopic (exact) mass is 1670 g/mol. The van der Waals surface area contributed by atoms with Crippen molar-refractivity contribution < 1.29 is 164 Å². The number of nitrogens with two attached hydrogens (primary N) is 2. The number of hydrogen-bond donors (Lipinski definition) is 22. The van der Waals surface area contributed by atoms with Crippen molar-refractivity contribution in [1.29, 1.82) is 0 Å². The van der Waals surface area contributed by atoms with E-state index in [-0.39, 0.29) is 62.5 Å². The summed E-state index contributed by atoms with van der Waals surface area (Å²) in [5, 5.41) is 231. The van der Waals surface area contributed by atoms with Crippen LogP contribution in [0, 0.1) is 35.5 Å². The van der Waals surface area contributed by atoms with Crippen molar-refractivity contribution in [3.05, 3.63) is 35.5 Å². The zero-order valence-corrected chi connectivity index (χ0v) is 69.8. The van der Waals surface area contributed by atoms with Crippen LogP contribution < -0.4 is 11.5 Å². The molecule has 7 aliphatic rings. The average molecular weight is 1670 g/mol. The molecule has 35 heteroatoms. The van der Waals surface area contributed by atoms with Gasteiger partial charge in [-0.3, -0.25) is 0 Å². The zero-order chi connectivity index (χ0) is 86.6. The van der Waals surface area contributed by atoms with Gasteiger partial charge >= 0.3 is 5.97 Å². The Labute approximate surface area is 681 Å². The van der Waals surface area contributed by atoms with Gasteiger partial charge in [0.05, 0.1) is 116 Å². The molecule has 0 radical (unpaired) electrons. The van der Waals surface area contributed by atoms with Gasteiger partial charge in [0.25, 0.3) is 0 Å². The molecule has 35 nitrogen and oxygen atoms in total. The van der Waals surface area contributed by atoms with E-state index in [0.29, 0.717) is 19.3 Å². The third-order valence-corrected chi connectivity index (χ3v) is 25.4. The van der Waals surface area contributed by atoms with Crippen molar-refractivity contribution in [2.24, 2.45) is 47.0 Å². The van der Waals surface area contributed by atoms with Crippen LogP contribution in [0.4, 0.5) is 0 Å². The Morgan fingerprint density at radius 1 is 0.595 bits per heavy atom. The van der Waals surface area contributed by atoms with Gasteiger partial charge in [0.2, 0.25) is 0 Å². The fourth-order valence-electron chi connectivity index (χ4n) is 16.8.